The second-order valence-corrected chi connectivity index (χ2v) is 10.6. The predicted octanol–water partition coefficient (Wildman–Crippen LogP) is 3.62. The van der Waals surface area contributed by atoms with E-state index in [1.165, 1.54) is 0 Å². The van der Waals surface area contributed by atoms with Crippen LogP contribution in [0.15, 0.2) is 0 Å². The first kappa shape index (κ1) is 14.8. The van der Waals surface area contributed by atoms with Gasteiger partial charge in [-0.15, -0.1) is 0 Å². The van der Waals surface area contributed by atoms with Crippen LogP contribution in [-0.2, 0) is 9.22 Å². The first-order valence-electron chi connectivity index (χ1n) is 5.78. The molecule has 0 rings (SSSR count). The van der Waals surface area contributed by atoms with Crippen molar-refractivity contribution in [3.05, 3.63) is 0 Å². The molecule has 0 aromatic heterocycles. The maximum atomic E-state index is 10.8. The number of aldehydes is 1. The van der Waals surface area contributed by atoms with Gasteiger partial charge in [0.05, 0.1) is 6.10 Å². The summed E-state index contributed by atoms with van der Waals surface area (Å²) >= 11 is 0. The van der Waals surface area contributed by atoms with Gasteiger partial charge in [0, 0.05) is 5.92 Å². The van der Waals surface area contributed by atoms with Crippen LogP contribution in [0.25, 0.3) is 0 Å². The molecule has 3 heteroatoms. The molecule has 0 aromatic carbocycles. The number of hydrogen-bond acceptors (Lipinski definition) is 2. The number of rotatable bonds is 5. The zero-order valence-corrected chi connectivity index (χ0v) is 12.3. The van der Waals surface area contributed by atoms with Crippen LogP contribution in [0.1, 0.15) is 41.0 Å². The second-order valence-electron chi connectivity index (χ2n) is 5.82. The van der Waals surface area contributed by atoms with Crippen molar-refractivity contribution in [2.45, 2.75) is 65.3 Å². The van der Waals surface area contributed by atoms with E-state index in [2.05, 4.69) is 40.8 Å². The Labute approximate surface area is 95.5 Å². The van der Waals surface area contributed by atoms with Crippen molar-refractivity contribution < 1.29 is 9.22 Å². The van der Waals surface area contributed by atoms with E-state index in [9.17, 15) is 4.79 Å². The average molecular weight is 230 g/mol. The molecule has 0 fully saturated rings. The second kappa shape index (κ2) is 5.26. The largest absolute Gasteiger partial charge is 0.413 e. The molecule has 0 aliphatic heterocycles. The van der Waals surface area contributed by atoms with Gasteiger partial charge in [-0.05, 0) is 24.6 Å². The summed E-state index contributed by atoms with van der Waals surface area (Å²) in [7, 11) is -1.73. The van der Waals surface area contributed by atoms with Gasteiger partial charge in [0.15, 0.2) is 8.32 Å². The van der Waals surface area contributed by atoms with E-state index in [0.29, 0.717) is 0 Å². The van der Waals surface area contributed by atoms with Gasteiger partial charge in [-0.25, -0.2) is 0 Å². The molecule has 0 aliphatic carbocycles. The van der Waals surface area contributed by atoms with E-state index in [1.54, 1.807) is 0 Å². The SMILES string of the molecule is CC[C@@H](O[Si](C)(C)C(C)(C)C)[C@H](C)C=O. The van der Waals surface area contributed by atoms with Crippen LogP contribution in [0.3, 0.4) is 0 Å². The van der Waals surface area contributed by atoms with Crippen LogP contribution in [-0.4, -0.2) is 20.7 Å². The van der Waals surface area contributed by atoms with E-state index >= 15 is 0 Å². The lowest BCUT2D eigenvalue weighted by molar-refractivity contribution is -0.113. The Morgan fingerprint density at radius 3 is 2.07 bits per heavy atom. The van der Waals surface area contributed by atoms with Crippen molar-refractivity contribution in [1.29, 1.82) is 0 Å². The summed E-state index contributed by atoms with van der Waals surface area (Å²) in [5.74, 6) is 0.00382. The Hall–Kier alpha value is -0.153. The topological polar surface area (TPSA) is 26.3 Å². The van der Waals surface area contributed by atoms with Gasteiger partial charge in [0.25, 0.3) is 0 Å². The summed E-state index contributed by atoms with van der Waals surface area (Å²) in [4.78, 5) is 10.8. The highest BCUT2D eigenvalue weighted by molar-refractivity contribution is 6.74. The summed E-state index contributed by atoms with van der Waals surface area (Å²) < 4.78 is 6.21. The first-order chi connectivity index (χ1) is 6.65. The summed E-state index contributed by atoms with van der Waals surface area (Å²) in [6.07, 6.45) is 2.00. The van der Waals surface area contributed by atoms with Crippen LogP contribution in [0.4, 0.5) is 0 Å². The van der Waals surface area contributed by atoms with Crippen molar-refractivity contribution in [3.63, 3.8) is 0 Å². The van der Waals surface area contributed by atoms with Gasteiger partial charge in [-0.3, -0.25) is 0 Å². The number of hydrogen-bond donors (Lipinski definition) is 0. The molecule has 0 amide bonds. The van der Waals surface area contributed by atoms with Crippen molar-refractivity contribution in [2.75, 3.05) is 0 Å². The van der Waals surface area contributed by atoms with E-state index in [4.69, 9.17) is 4.43 Å². The van der Waals surface area contributed by atoms with Gasteiger partial charge < -0.3 is 9.22 Å². The number of carbonyl (C=O) groups excluding carboxylic acids is 1. The fourth-order valence-electron chi connectivity index (χ4n) is 1.21. The molecule has 0 aliphatic rings. The third-order valence-corrected chi connectivity index (χ3v) is 7.96. The minimum absolute atomic E-state index is 0.00382. The highest BCUT2D eigenvalue weighted by atomic mass is 28.4. The van der Waals surface area contributed by atoms with E-state index in [0.717, 1.165) is 12.7 Å². The van der Waals surface area contributed by atoms with Gasteiger partial charge >= 0.3 is 0 Å². The Morgan fingerprint density at radius 1 is 1.33 bits per heavy atom. The van der Waals surface area contributed by atoms with Crippen LogP contribution < -0.4 is 0 Å². The standard InChI is InChI=1S/C12H26O2Si/c1-8-11(10(2)9-13)14-15(6,7)12(3,4)5/h9-11H,8H2,1-7H3/t10-,11-/m1/s1. The Morgan fingerprint density at radius 2 is 1.80 bits per heavy atom. The lowest BCUT2D eigenvalue weighted by Gasteiger charge is -2.40. The van der Waals surface area contributed by atoms with Crippen LogP contribution >= 0.6 is 0 Å². The normalized spacial score (nSPS) is 17.3. The molecule has 0 spiro atoms. The summed E-state index contributed by atoms with van der Waals surface area (Å²) in [5, 5.41) is 0.211. The summed E-state index contributed by atoms with van der Waals surface area (Å²) in [6.45, 7) is 15.1. The molecule has 0 N–H and O–H groups in total. The third-order valence-electron chi connectivity index (χ3n) is 3.46. The molecule has 0 saturated heterocycles. The Balaban J connectivity index is 4.61. The van der Waals surface area contributed by atoms with E-state index < -0.39 is 8.32 Å². The lowest BCUT2D eigenvalue weighted by Crippen LogP contribution is -2.45. The Bertz CT molecular complexity index is 206. The quantitative estimate of drug-likeness (QED) is 0.532. The van der Waals surface area contributed by atoms with E-state index in [1.807, 2.05) is 6.92 Å². The van der Waals surface area contributed by atoms with Gasteiger partial charge in [-0.2, -0.15) is 0 Å². The molecule has 0 radical (unpaired) electrons. The molecule has 0 bridgehead atoms. The minimum atomic E-state index is -1.73. The lowest BCUT2D eigenvalue weighted by atomic mass is 10.1. The average Bonchev–Trinajstić information content (AvgIpc) is 2.11. The number of carbonyl (C=O) groups is 1. The van der Waals surface area contributed by atoms with Crippen LogP contribution in [0, 0.1) is 5.92 Å². The maximum Gasteiger partial charge on any atom is 0.192 e. The van der Waals surface area contributed by atoms with E-state index in [-0.39, 0.29) is 17.1 Å². The van der Waals surface area contributed by atoms with Crippen molar-refractivity contribution in [2.24, 2.45) is 5.92 Å². The molecular formula is C12H26O2Si. The molecule has 2 atom stereocenters. The van der Waals surface area contributed by atoms with Crippen molar-refractivity contribution in [1.82, 2.24) is 0 Å². The molecule has 0 aromatic rings. The predicted molar refractivity (Wildman–Crippen MR) is 67.6 cm³/mol. The molecule has 0 heterocycles. The van der Waals surface area contributed by atoms with Gasteiger partial charge in [0.1, 0.15) is 6.29 Å². The summed E-state index contributed by atoms with van der Waals surface area (Å²) in [6, 6.07) is 0. The van der Waals surface area contributed by atoms with Crippen LogP contribution in [0.5, 0.6) is 0 Å². The fourth-order valence-corrected chi connectivity index (χ4v) is 2.70. The van der Waals surface area contributed by atoms with Gasteiger partial charge in [0.2, 0.25) is 0 Å². The fraction of sp³-hybridized carbons (Fsp3) is 0.917. The van der Waals surface area contributed by atoms with Crippen molar-refractivity contribution >= 4 is 14.6 Å². The minimum Gasteiger partial charge on any atom is -0.413 e. The highest BCUT2D eigenvalue weighted by Crippen LogP contribution is 2.38. The van der Waals surface area contributed by atoms with Crippen molar-refractivity contribution in [3.8, 4) is 0 Å². The molecule has 2 nitrogen and oxygen atoms in total. The zero-order valence-electron chi connectivity index (χ0n) is 11.3. The third kappa shape index (κ3) is 4.07. The summed E-state index contributed by atoms with van der Waals surface area (Å²) in [5.41, 5.74) is 0. The molecule has 0 saturated carbocycles. The van der Waals surface area contributed by atoms with Gasteiger partial charge in [-0.1, -0.05) is 34.6 Å². The highest BCUT2D eigenvalue weighted by Gasteiger charge is 2.39. The monoisotopic (exact) mass is 230 g/mol. The molecule has 0 unspecified atom stereocenters. The first-order valence-corrected chi connectivity index (χ1v) is 8.69. The zero-order chi connectivity index (χ0) is 12.3. The molecule has 90 valence electrons. The molecule has 15 heavy (non-hydrogen) atoms. The Kier molecular flexibility index (Phi) is 5.20. The smallest absolute Gasteiger partial charge is 0.192 e. The molecular weight excluding hydrogens is 204 g/mol. The maximum absolute atomic E-state index is 10.8. The van der Waals surface area contributed by atoms with Crippen LogP contribution in [0.2, 0.25) is 18.1 Å².